The zero-order valence-corrected chi connectivity index (χ0v) is 19.3. The van der Waals surface area contributed by atoms with Crippen molar-refractivity contribution in [1.82, 2.24) is 20.4 Å². The van der Waals surface area contributed by atoms with Gasteiger partial charge in [0.15, 0.2) is 0 Å². The van der Waals surface area contributed by atoms with E-state index in [2.05, 4.69) is 20.4 Å². The molecule has 2 saturated carbocycles. The molecule has 1 amide bonds. The summed E-state index contributed by atoms with van der Waals surface area (Å²) in [6.45, 7) is 5.58. The van der Waals surface area contributed by atoms with E-state index in [0.29, 0.717) is 29.2 Å². The van der Waals surface area contributed by atoms with Crippen molar-refractivity contribution in [3.63, 3.8) is 0 Å². The molecule has 1 saturated heterocycles. The molecule has 0 spiro atoms. The van der Waals surface area contributed by atoms with Crippen LogP contribution in [0.2, 0.25) is 0 Å². The second-order valence-electron chi connectivity index (χ2n) is 10.4. The molecular weight excluding hydrogens is 430 g/mol. The van der Waals surface area contributed by atoms with Gasteiger partial charge >= 0.3 is 5.92 Å². The summed E-state index contributed by atoms with van der Waals surface area (Å²) >= 11 is 0. The van der Waals surface area contributed by atoms with Crippen LogP contribution in [-0.4, -0.2) is 46.6 Å². The molecule has 3 heterocycles. The maximum absolute atomic E-state index is 13.5. The summed E-state index contributed by atoms with van der Waals surface area (Å²) in [5.41, 5.74) is 0.610. The number of likely N-dealkylation sites (tertiary alicyclic amines) is 1. The topological polar surface area (TPSA) is 84.4 Å². The number of fused-ring (bicyclic) bond motifs is 1. The fourth-order valence-electron chi connectivity index (χ4n) is 5.73. The van der Waals surface area contributed by atoms with E-state index in [4.69, 9.17) is 8.94 Å². The largest absolute Gasteiger partial charge is 0.445 e. The summed E-state index contributed by atoms with van der Waals surface area (Å²) in [4.78, 5) is 18.8. The van der Waals surface area contributed by atoms with Gasteiger partial charge in [-0.3, -0.25) is 4.79 Å². The second kappa shape index (κ2) is 8.49. The number of aromatic nitrogens is 2. The summed E-state index contributed by atoms with van der Waals surface area (Å²) in [6.07, 6.45) is 8.20. The molecular formula is C24H32F2N4O3. The van der Waals surface area contributed by atoms with Gasteiger partial charge in [-0.15, -0.1) is 0 Å². The van der Waals surface area contributed by atoms with Gasteiger partial charge in [0, 0.05) is 37.5 Å². The normalized spacial score (nSPS) is 29.8. The van der Waals surface area contributed by atoms with E-state index in [9.17, 15) is 13.6 Å². The number of aryl methyl sites for hydroxylation is 1. The molecule has 0 bridgehead atoms. The van der Waals surface area contributed by atoms with Gasteiger partial charge in [-0.25, -0.2) is 4.98 Å². The van der Waals surface area contributed by atoms with Crippen molar-refractivity contribution in [2.24, 2.45) is 11.8 Å². The number of nitrogens with zero attached hydrogens (tertiary/aromatic N) is 3. The van der Waals surface area contributed by atoms with Crippen LogP contribution in [0.15, 0.2) is 21.2 Å². The van der Waals surface area contributed by atoms with Crippen LogP contribution in [-0.2, 0) is 22.6 Å². The van der Waals surface area contributed by atoms with E-state index in [1.165, 1.54) is 6.07 Å². The molecule has 2 aromatic heterocycles. The average molecular weight is 463 g/mol. The molecule has 3 fully saturated rings. The molecule has 1 N–H and O–H groups in total. The molecule has 2 aromatic rings. The summed E-state index contributed by atoms with van der Waals surface area (Å²) < 4.78 is 37.4. The van der Waals surface area contributed by atoms with E-state index >= 15 is 0 Å². The van der Waals surface area contributed by atoms with Gasteiger partial charge in [-0.2, -0.15) is 8.78 Å². The SMILES string of the molecule is Cc1cnc(CC(=O)N[C@H]2CC[C@H](CCN3C[C@@H]4C[C@]4(c4cc(C(C)(F)F)on4)C3)CC2)o1. The minimum absolute atomic E-state index is 0.0289. The Bertz CT molecular complexity index is 992. The summed E-state index contributed by atoms with van der Waals surface area (Å²) in [5, 5.41) is 7.12. The van der Waals surface area contributed by atoms with Gasteiger partial charge in [-0.1, -0.05) is 5.16 Å². The Morgan fingerprint density at radius 1 is 1.33 bits per heavy atom. The highest BCUT2D eigenvalue weighted by Gasteiger charge is 2.62. The van der Waals surface area contributed by atoms with E-state index < -0.39 is 5.92 Å². The van der Waals surface area contributed by atoms with Crippen molar-refractivity contribution in [2.45, 2.75) is 76.2 Å². The number of alkyl halides is 2. The molecule has 5 rings (SSSR count). The lowest BCUT2D eigenvalue weighted by Crippen LogP contribution is -2.39. The van der Waals surface area contributed by atoms with Crippen LogP contribution < -0.4 is 5.32 Å². The van der Waals surface area contributed by atoms with Crippen molar-refractivity contribution < 1.29 is 22.5 Å². The molecule has 7 nitrogen and oxygen atoms in total. The van der Waals surface area contributed by atoms with Gasteiger partial charge < -0.3 is 19.2 Å². The first-order valence-electron chi connectivity index (χ1n) is 12.0. The number of oxazole rings is 1. The molecule has 3 aliphatic rings. The van der Waals surface area contributed by atoms with Gasteiger partial charge in [0.2, 0.25) is 17.6 Å². The minimum Gasteiger partial charge on any atom is -0.445 e. The number of nitrogens with one attached hydrogen (secondary N) is 1. The predicted octanol–water partition coefficient (Wildman–Crippen LogP) is 3.96. The quantitative estimate of drug-likeness (QED) is 0.639. The molecule has 0 radical (unpaired) electrons. The van der Waals surface area contributed by atoms with Crippen molar-refractivity contribution >= 4 is 5.91 Å². The molecule has 33 heavy (non-hydrogen) atoms. The van der Waals surface area contributed by atoms with Crippen LogP contribution >= 0.6 is 0 Å². The Kier molecular flexibility index (Phi) is 5.79. The van der Waals surface area contributed by atoms with Crippen molar-refractivity contribution in [3.05, 3.63) is 35.4 Å². The Balaban J connectivity index is 1.03. The molecule has 0 aromatic carbocycles. The third-order valence-electron chi connectivity index (χ3n) is 7.72. The Labute approximate surface area is 192 Å². The van der Waals surface area contributed by atoms with E-state index in [-0.39, 0.29) is 29.5 Å². The van der Waals surface area contributed by atoms with E-state index in [1.54, 1.807) is 6.20 Å². The minimum atomic E-state index is -2.99. The van der Waals surface area contributed by atoms with E-state index in [0.717, 1.165) is 65.1 Å². The van der Waals surface area contributed by atoms with Crippen molar-refractivity contribution in [1.29, 1.82) is 0 Å². The predicted molar refractivity (Wildman–Crippen MR) is 116 cm³/mol. The zero-order valence-electron chi connectivity index (χ0n) is 19.3. The Morgan fingerprint density at radius 2 is 2.12 bits per heavy atom. The number of amides is 1. The van der Waals surface area contributed by atoms with Crippen LogP contribution in [0.25, 0.3) is 0 Å². The lowest BCUT2D eigenvalue weighted by molar-refractivity contribution is -0.121. The highest BCUT2D eigenvalue weighted by atomic mass is 19.3. The Hall–Kier alpha value is -2.29. The van der Waals surface area contributed by atoms with Crippen LogP contribution in [0, 0.1) is 18.8 Å². The third-order valence-corrected chi connectivity index (χ3v) is 7.72. The second-order valence-corrected chi connectivity index (χ2v) is 10.4. The first-order valence-corrected chi connectivity index (χ1v) is 12.0. The highest BCUT2D eigenvalue weighted by Crippen LogP contribution is 2.59. The fourth-order valence-corrected chi connectivity index (χ4v) is 5.73. The monoisotopic (exact) mass is 462 g/mol. The number of hydrogen-bond acceptors (Lipinski definition) is 6. The number of rotatable bonds is 8. The van der Waals surface area contributed by atoms with Crippen molar-refractivity contribution in [3.8, 4) is 0 Å². The first-order chi connectivity index (χ1) is 15.7. The zero-order chi connectivity index (χ0) is 23.2. The number of carbonyl (C=O) groups is 1. The summed E-state index contributed by atoms with van der Waals surface area (Å²) in [7, 11) is 0. The maximum Gasteiger partial charge on any atom is 0.304 e. The van der Waals surface area contributed by atoms with Gasteiger partial charge in [0.25, 0.3) is 0 Å². The lowest BCUT2D eigenvalue weighted by Gasteiger charge is -2.30. The van der Waals surface area contributed by atoms with E-state index in [1.807, 2.05) is 6.92 Å². The molecule has 1 aliphatic heterocycles. The third kappa shape index (κ3) is 4.83. The van der Waals surface area contributed by atoms with Gasteiger partial charge in [0.1, 0.15) is 12.2 Å². The molecule has 2 atom stereocenters. The summed E-state index contributed by atoms with van der Waals surface area (Å²) in [5.74, 6) is -1.01. The molecule has 9 heteroatoms. The van der Waals surface area contributed by atoms with Crippen LogP contribution in [0.4, 0.5) is 8.78 Å². The average Bonchev–Trinajstić information content (AvgIpc) is 3.18. The fraction of sp³-hybridized carbons (Fsp3) is 0.708. The Morgan fingerprint density at radius 3 is 2.79 bits per heavy atom. The van der Waals surface area contributed by atoms with Crippen LogP contribution in [0.1, 0.15) is 68.6 Å². The standard InChI is InChI=1S/C24H32F2N4O3/c1-15-12-27-22(32-15)10-21(31)28-18-5-3-16(4-6-18)7-8-30-13-17-11-24(17,14-30)19-9-20(33-29-19)23(2,25)26/h9,12,16-18H,3-8,10-11,13-14H2,1-2H3,(H,28,31)/t16-,17-,18-,24-/m0/s1. The van der Waals surface area contributed by atoms with Gasteiger partial charge in [0.05, 0.1) is 11.9 Å². The number of halogens is 2. The van der Waals surface area contributed by atoms with Gasteiger partial charge in [-0.05, 0) is 63.8 Å². The molecule has 2 aliphatic carbocycles. The van der Waals surface area contributed by atoms with Crippen LogP contribution in [0.5, 0.6) is 0 Å². The smallest absolute Gasteiger partial charge is 0.304 e. The summed E-state index contributed by atoms with van der Waals surface area (Å²) in [6, 6.07) is 1.69. The molecule has 180 valence electrons. The number of hydrogen-bond donors (Lipinski definition) is 1. The molecule has 0 unspecified atom stereocenters. The van der Waals surface area contributed by atoms with Crippen molar-refractivity contribution in [2.75, 3.05) is 19.6 Å². The maximum atomic E-state index is 13.5. The lowest BCUT2D eigenvalue weighted by atomic mass is 9.84. The highest BCUT2D eigenvalue weighted by molar-refractivity contribution is 5.77. The van der Waals surface area contributed by atoms with Crippen LogP contribution in [0.3, 0.4) is 0 Å². The first kappa shape index (κ1) is 22.5. The number of carbonyl (C=O) groups excluding carboxylic acids is 1. The number of piperidine rings is 1.